The maximum atomic E-state index is 5.58. The van der Waals surface area contributed by atoms with Crippen molar-refractivity contribution < 1.29 is 0 Å². The second kappa shape index (κ2) is 4.75. The molecule has 1 aliphatic heterocycles. The van der Waals surface area contributed by atoms with Gasteiger partial charge in [-0.25, -0.2) is 0 Å². The number of hydrogen-bond donors (Lipinski definition) is 1. The summed E-state index contributed by atoms with van der Waals surface area (Å²) >= 11 is 5.58. The minimum Gasteiger partial charge on any atom is -0.360 e. The average Bonchev–Trinajstić information content (AvgIpc) is 2.91. The lowest BCUT2D eigenvalue weighted by Crippen LogP contribution is -2.48. The molecule has 2 aliphatic carbocycles. The second-order valence-corrected chi connectivity index (χ2v) is 6.79. The van der Waals surface area contributed by atoms with Crippen LogP contribution < -0.4 is 5.32 Å². The highest BCUT2D eigenvalue weighted by Gasteiger charge is 2.40. The highest BCUT2D eigenvalue weighted by Crippen LogP contribution is 2.44. The zero-order valence-corrected chi connectivity index (χ0v) is 11.6. The van der Waals surface area contributed by atoms with Crippen LogP contribution in [-0.2, 0) is 0 Å². The third-order valence-corrected chi connectivity index (χ3v) is 5.49. The molecular weight excluding hydrogens is 228 g/mol. The number of likely N-dealkylation sites (tertiary alicyclic amines) is 1. The number of nitrogens with zero attached hydrogens (tertiary/aromatic N) is 1. The molecule has 3 rings (SSSR count). The standard InChI is InChI=1S/C14H24N2S/c1-10-4-6-16(7-5-10)14(17)15-13-9-11-2-3-12(13)8-11/h10-13H,2-9H2,1H3,(H,15,17)/t11-,12+,13-/m0/s1. The number of fused-ring (bicyclic) bond motifs is 2. The number of piperidine rings is 1. The number of hydrogen-bond acceptors (Lipinski definition) is 1. The molecule has 2 nitrogen and oxygen atoms in total. The number of nitrogens with one attached hydrogen (secondary N) is 1. The Bertz CT molecular complexity index is 297. The molecule has 3 aliphatic rings. The molecule has 0 radical (unpaired) electrons. The highest BCUT2D eigenvalue weighted by molar-refractivity contribution is 7.80. The maximum Gasteiger partial charge on any atom is 0.169 e. The van der Waals surface area contributed by atoms with Crippen LogP contribution in [0.15, 0.2) is 0 Å². The number of thiocarbonyl (C=S) groups is 1. The molecule has 17 heavy (non-hydrogen) atoms. The third kappa shape index (κ3) is 2.44. The molecule has 3 atom stereocenters. The molecule has 0 aromatic rings. The minimum atomic E-state index is 0.695. The van der Waals surface area contributed by atoms with Gasteiger partial charge in [0, 0.05) is 19.1 Å². The smallest absolute Gasteiger partial charge is 0.169 e. The van der Waals surface area contributed by atoms with Gasteiger partial charge in [-0.1, -0.05) is 13.3 Å². The van der Waals surface area contributed by atoms with E-state index in [0.29, 0.717) is 6.04 Å². The van der Waals surface area contributed by atoms with Crippen LogP contribution >= 0.6 is 12.2 Å². The lowest BCUT2D eigenvalue weighted by molar-refractivity contribution is 0.270. The lowest BCUT2D eigenvalue weighted by atomic mass is 9.95. The van der Waals surface area contributed by atoms with Gasteiger partial charge in [0.05, 0.1) is 0 Å². The predicted octanol–water partition coefficient (Wildman–Crippen LogP) is 2.78. The van der Waals surface area contributed by atoms with Gasteiger partial charge in [-0.3, -0.25) is 0 Å². The summed E-state index contributed by atoms with van der Waals surface area (Å²) in [7, 11) is 0. The first-order valence-electron chi connectivity index (χ1n) is 7.28. The van der Waals surface area contributed by atoms with Crippen molar-refractivity contribution in [1.82, 2.24) is 10.2 Å². The predicted molar refractivity (Wildman–Crippen MR) is 74.9 cm³/mol. The van der Waals surface area contributed by atoms with E-state index in [1.807, 2.05) is 0 Å². The van der Waals surface area contributed by atoms with E-state index in [0.717, 1.165) is 36.0 Å². The summed E-state index contributed by atoms with van der Waals surface area (Å²) in [6.45, 7) is 4.67. The summed E-state index contributed by atoms with van der Waals surface area (Å²) in [5, 5.41) is 4.69. The van der Waals surface area contributed by atoms with E-state index >= 15 is 0 Å². The maximum absolute atomic E-state index is 5.58. The topological polar surface area (TPSA) is 15.3 Å². The van der Waals surface area contributed by atoms with E-state index in [4.69, 9.17) is 12.2 Å². The molecule has 3 fully saturated rings. The van der Waals surface area contributed by atoms with Crippen molar-refractivity contribution in [2.45, 2.75) is 51.5 Å². The molecule has 1 saturated heterocycles. The molecule has 2 saturated carbocycles. The van der Waals surface area contributed by atoms with Crippen LogP contribution in [0.1, 0.15) is 45.4 Å². The van der Waals surface area contributed by atoms with Gasteiger partial charge in [0.25, 0.3) is 0 Å². The molecule has 1 heterocycles. The molecule has 96 valence electrons. The lowest BCUT2D eigenvalue weighted by Gasteiger charge is -2.35. The Labute approximate surface area is 110 Å². The molecule has 0 aromatic heterocycles. The molecule has 0 amide bonds. The van der Waals surface area contributed by atoms with Crippen molar-refractivity contribution in [1.29, 1.82) is 0 Å². The largest absolute Gasteiger partial charge is 0.360 e. The Kier molecular flexibility index (Phi) is 3.29. The van der Waals surface area contributed by atoms with E-state index in [9.17, 15) is 0 Å². The molecule has 3 heteroatoms. The van der Waals surface area contributed by atoms with Gasteiger partial charge >= 0.3 is 0 Å². The van der Waals surface area contributed by atoms with Gasteiger partial charge in [0.1, 0.15) is 0 Å². The summed E-state index contributed by atoms with van der Waals surface area (Å²) in [5.74, 6) is 2.81. The van der Waals surface area contributed by atoms with Crippen molar-refractivity contribution in [3.63, 3.8) is 0 Å². The summed E-state index contributed by atoms with van der Waals surface area (Å²) in [5.41, 5.74) is 0. The van der Waals surface area contributed by atoms with Gasteiger partial charge in [-0.15, -0.1) is 0 Å². The quantitative estimate of drug-likeness (QED) is 0.723. The highest BCUT2D eigenvalue weighted by atomic mass is 32.1. The molecule has 2 bridgehead atoms. The van der Waals surface area contributed by atoms with E-state index < -0.39 is 0 Å². The first-order valence-corrected chi connectivity index (χ1v) is 7.68. The monoisotopic (exact) mass is 252 g/mol. The van der Waals surface area contributed by atoms with Crippen molar-refractivity contribution in [3.05, 3.63) is 0 Å². The zero-order valence-electron chi connectivity index (χ0n) is 10.8. The summed E-state index contributed by atoms with van der Waals surface area (Å²) in [6, 6.07) is 0.695. The first-order chi connectivity index (χ1) is 8.22. The minimum absolute atomic E-state index is 0.695. The van der Waals surface area contributed by atoms with Crippen LogP contribution in [0, 0.1) is 17.8 Å². The fourth-order valence-electron chi connectivity index (χ4n) is 3.88. The van der Waals surface area contributed by atoms with Gasteiger partial charge in [0.2, 0.25) is 0 Å². The summed E-state index contributed by atoms with van der Waals surface area (Å²) in [4.78, 5) is 2.39. The Hall–Kier alpha value is -0.310. The van der Waals surface area contributed by atoms with Crippen LogP contribution in [-0.4, -0.2) is 29.1 Å². The fourth-order valence-corrected chi connectivity index (χ4v) is 4.22. The average molecular weight is 252 g/mol. The molecule has 1 N–H and O–H groups in total. The summed E-state index contributed by atoms with van der Waals surface area (Å²) in [6.07, 6.45) is 8.34. The Balaban J connectivity index is 1.50. The van der Waals surface area contributed by atoms with Crippen molar-refractivity contribution in [2.24, 2.45) is 17.8 Å². The number of rotatable bonds is 1. The second-order valence-electron chi connectivity index (χ2n) is 6.40. The van der Waals surface area contributed by atoms with E-state index in [1.54, 1.807) is 0 Å². The zero-order chi connectivity index (χ0) is 11.8. The van der Waals surface area contributed by atoms with Gasteiger partial charge in [0.15, 0.2) is 5.11 Å². The van der Waals surface area contributed by atoms with Gasteiger partial charge in [-0.05, 0) is 62.1 Å². The van der Waals surface area contributed by atoms with Gasteiger partial charge < -0.3 is 10.2 Å². The van der Waals surface area contributed by atoms with E-state index in [-0.39, 0.29) is 0 Å². The van der Waals surface area contributed by atoms with Gasteiger partial charge in [-0.2, -0.15) is 0 Å². The Morgan fingerprint density at radius 3 is 2.47 bits per heavy atom. The molecule has 0 unspecified atom stereocenters. The first kappa shape index (κ1) is 11.8. The molecule has 0 spiro atoms. The Morgan fingerprint density at radius 2 is 1.88 bits per heavy atom. The Morgan fingerprint density at radius 1 is 1.12 bits per heavy atom. The van der Waals surface area contributed by atoms with Crippen LogP contribution in [0.2, 0.25) is 0 Å². The molecule has 0 aromatic carbocycles. The van der Waals surface area contributed by atoms with Crippen LogP contribution in [0.5, 0.6) is 0 Å². The van der Waals surface area contributed by atoms with Crippen LogP contribution in [0.25, 0.3) is 0 Å². The summed E-state index contributed by atoms with van der Waals surface area (Å²) < 4.78 is 0. The third-order valence-electron chi connectivity index (χ3n) is 5.12. The van der Waals surface area contributed by atoms with E-state index in [1.165, 1.54) is 38.5 Å². The fraction of sp³-hybridized carbons (Fsp3) is 0.929. The van der Waals surface area contributed by atoms with Crippen LogP contribution in [0.3, 0.4) is 0 Å². The van der Waals surface area contributed by atoms with E-state index in [2.05, 4.69) is 17.1 Å². The van der Waals surface area contributed by atoms with Crippen molar-refractivity contribution in [3.8, 4) is 0 Å². The normalized spacial score (nSPS) is 37.5. The molecular formula is C14H24N2S. The van der Waals surface area contributed by atoms with Crippen molar-refractivity contribution >= 4 is 17.3 Å². The van der Waals surface area contributed by atoms with Crippen molar-refractivity contribution in [2.75, 3.05) is 13.1 Å². The SMILES string of the molecule is CC1CCN(C(=S)N[C@H]2C[C@H]3CC[C@@H]2C3)CC1. The van der Waals surface area contributed by atoms with Crippen LogP contribution in [0.4, 0.5) is 0 Å².